The number of fused-ring (bicyclic) bond motifs is 1. The zero-order valence-corrected chi connectivity index (χ0v) is 7.76. The summed E-state index contributed by atoms with van der Waals surface area (Å²) in [6.45, 7) is 0.468. The number of benzene rings is 1. The van der Waals surface area contributed by atoms with E-state index in [2.05, 4.69) is 0 Å². The quantitative estimate of drug-likeness (QED) is 0.647. The van der Waals surface area contributed by atoms with Gasteiger partial charge in [-0.05, 0) is 12.1 Å². The average Bonchev–Trinajstić information content (AvgIpc) is 2.04. The van der Waals surface area contributed by atoms with Crippen molar-refractivity contribution in [1.82, 2.24) is 0 Å². The molecule has 0 unspecified atom stereocenters. The van der Waals surface area contributed by atoms with E-state index in [-0.39, 0.29) is 18.2 Å². The summed E-state index contributed by atoms with van der Waals surface area (Å²) in [4.78, 5) is 11.3. The maximum absolute atomic E-state index is 11.3. The normalized spacial score (nSPS) is 14.0. The minimum Gasteiger partial charge on any atom is -0.492 e. The Morgan fingerprint density at radius 3 is 2.92 bits per heavy atom. The van der Waals surface area contributed by atoms with Gasteiger partial charge in [0.15, 0.2) is 5.78 Å². The molecule has 4 heteroatoms. The second kappa shape index (κ2) is 3.66. The topological polar surface area (TPSA) is 52.3 Å². The second-order valence-electron chi connectivity index (χ2n) is 2.78. The van der Waals surface area contributed by atoms with Gasteiger partial charge >= 0.3 is 0 Å². The van der Waals surface area contributed by atoms with Crippen LogP contribution in [0.25, 0.3) is 0 Å². The smallest absolute Gasteiger partial charge is 0.169 e. The first-order valence-electron chi connectivity index (χ1n) is 3.83. The van der Waals surface area contributed by atoms with Crippen molar-refractivity contribution in [2.75, 3.05) is 12.3 Å². The molecule has 0 aromatic heterocycles. The number of nitrogen functional groups attached to an aromatic ring is 1. The zero-order valence-electron chi connectivity index (χ0n) is 6.95. The molecule has 13 heavy (non-hydrogen) atoms. The van der Waals surface area contributed by atoms with Crippen molar-refractivity contribution in [1.29, 1.82) is 0 Å². The van der Waals surface area contributed by atoms with E-state index in [1.165, 1.54) is 0 Å². The molecule has 2 rings (SSSR count). The Bertz CT molecular complexity index is 338. The van der Waals surface area contributed by atoms with Crippen LogP contribution in [0.1, 0.15) is 16.8 Å². The van der Waals surface area contributed by atoms with Crippen LogP contribution in [0.2, 0.25) is 0 Å². The molecule has 0 amide bonds. The Kier molecular flexibility index (Phi) is 2.78. The van der Waals surface area contributed by atoms with Crippen molar-refractivity contribution >= 4 is 23.9 Å². The molecule has 70 valence electrons. The Morgan fingerprint density at radius 1 is 1.38 bits per heavy atom. The van der Waals surface area contributed by atoms with Gasteiger partial charge in [-0.15, -0.1) is 12.4 Å². The van der Waals surface area contributed by atoms with E-state index in [1.807, 2.05) is 0 Å². The largest absolute Gasteiger partial charge is 0.492 e. The van der Waals surface area contributed by atoms with Crippen molar-refractivity contribution in [2.24, 2.45) is 0 Å². The third-order valence-electron chi connectivity index (χ3n) is 1.89. The van der Waals surface area contributed by atoms with Crippen molar-refractivity contribution in [3.05, 3.63) is 23.8 Å². The molecule has 1 aromatic rings. The molecule has 1 aliphatic rings. The maximum atomic E-state index is 11.3. The van der Waals surface area contributed by atoms with Crippen molar-refractivity contribution < 1.29 is 9.53 Å². The molecule has 0 fully saturated rings. The highest BCUT2D eigenvalue weighted by Crippen LogP contribution is 2.26. The fraction of sp³-hybridized carbons (Fsp3) is 0.222. The molecule has 1 heterocycles. The number of halogens is 1. The number of Topliss-reactive ketones (excluding diaryl/α,β-unsaturated/α-hetero) is 1. The van der Waals surface area contributed by atoms with Crippen molar-refractivity contribution in [3.8, 4) is 5.75 Å². The van der Waals surface area contributed by atoms with E-state index in [4.69, 9.17) is 10.5 Å². The van der Waals surface area contributed by atoms with Gasteiger partial charge in [-0.3, -0.25) is 4.79 Å². The monoisotopic (exact) mass is 199 g/mol. The first-order valence-corrected chi connectivity index (χ1v) is 3.83. The van der Waals surface area contributed by atoms with Crippen molar-refractivity contribution in [2.45, 2.75) is 6.42 Å². The van der Waals surface area contributed by atoms with Gasteiger partial charge in [0.25, 0.3) is 0 Å². The van der Waals surface area contributed by atoms with Crippen LogP contribution in [0, 0.1) is 0 Å². The standard InChI is InChI=1S/C9H9NO2.ClH/c10-6-1-2-7-8(11)3-4-12-9(7)5-6;/h1-2,5H,3-4,10H2;1H. The molecule has 1 aliphatic heterocycles. The predicted molar refractivity (Wildman–Crippen MR) is 52.5 cm³/mol. The summed E-state index contributed by atoms with van der Waals surface area (Å²) >= 11 is 0. The third kappa shape index (κ3) is 1.75. The van der Waals surface area contributed by atoms with Crippen LogP contribution < -0.4 is 10.5 Å². The minimum atomic E-state index is 0. The van der Waals surface area contributed by atoms with Crippen LogP contribution in [-0.2, 0) is 0 Å². The van der Waals surface area contributed by atoms with Crippen LogP contribution >= 0.6 is 12.4 Å². The molecule has 0 radical (unpaired) electrons. The first-order chi connectivity index (χ1) is 5.77. The summed E-state index contributed by atoms with van der Waals surface area (Å²) < 4.78 is 5.27. The SMILES string of the molecule is Cl.Nc1ccc2c(c1)OCCC2=O. The lowest BCUT2D eigenvalue weighted by atomic mass is 10.0. The van der Waals surface area contributed by atoms with Crippen LogP contribution in [0.15, 0.2) is 18.2 Å². The molecule has 1 aromatic carbocycles. The van der Waals surface area contributed by atoms with Gasteiger partial charge < -0.3 is 10.5 Å². The first kappa shape index (κ1) is 9.86. The van der Waals surface area contributed by atoms with E-state index in [0.29, 0.717) is 30.0 Å². The third-order valence-corrected chi connectivity index (χ3v) is 1.89. The molecule has 3 nitrogen and oxygen atoms in total. The van der Waals surface area contributed by atoms with Gasteiger partial charge in [-0.1, -0.05) is 0 Å². The summed E-state index contributed by atoms with van der Waals surface area (Å²) in [5.74, 6) is 0.752. The summed E-state index contributed by atoms with van der Waals surface area (Å²) in [6.07, 6.45) is 0.469. The molecule has 0 spiro atoms. The van der Waals surface area contributed by atoms with E-state index in [9.17, 15) is 4.79 Å². The second-order valence-corrected chi connectivity index (χ2v) is 2.78. The highest BCUT2D eigenvalue weighted by molar-refractivity contribution is 5.99. The molecular formula is C9H10ClNO2. The molecule has 0 aliphatic carbocycles. The van der Waals surface area contributed by atoms with E-state index in [0.717, 1.165) is 0 Å². The molecule has 0 saturated carbocycles. The van der Waals surface area contributed by atoms with E-state index < -0.39 is 0 Å². The summed E-state index contributed by atoms with van der Waals surface area (Å²) in [5, 5.41) is 0. The summed E-state index contributed by atoms with van der Waals surface area (Å²) in [5.41, 5.74) is 6.81. The number of carbonyl (C=O) groups is 1. The number of ketones is 1. The zero-order chi connectivity index (χ0) is 8.55. The Balaban J connectivity index is 0.000000845. The van der Waals surface area contributed by atoms with E-state index >= 15 is 0 Å². The Hall–Kier alpha value is -1.22. The maximum Gasteiger partial charge on any atom is 0.169 e. The van der Waals surface area contributed by atoms with Gasteiger partial charge in [0.1, 0.15) is 5.75 Å². The minimum absolute atomic E-state index is 0. The Labute approximate surface area is 82.3 Å². The molecule has 0 atom stereocenters. The van der Waals surface area contributed by atoms with Crippen molar-refractivity contribution in [3.63, 3.8) is 0 Å². The fourth-order valence-electron chi connectivity index (χ4n) is 1.28. The van der Waals surface area contributed by atoms with Gasteiger partial charge in [-0.2, -0.15) is 0 Å². The number of nitrogens with two attached hydrogens (primary N) is 1. The lowest BCUT2D eigenvalue weighted by Crippen LogP contribution is -2.15. The Morgan fingerprint density at radius 2 is 2.15 bits per heavy atom. The highest BCUT2D eigenvalue weighted by Gasteiger charge is 2.17. The molecule has 0 saturated heterocycles. The fourth-order valence-corrected chi connectivity index (χ4v) is 1.28. The van der Waals surface area contributed by atoms with Gasteiger partial charge in [-0.25, -0.2) is 0 Å². The molecular weight excluding hydrogens is 190 g/mol. The summed E-state index contributed by atoms with van der Waals surface area (Å²) in [6, 6.07) is 5.12. The molecule has 0 bridgehead atoms. The number of hydrogen-bond acceptors (Lipinski definition) is 3. The van der Waals surface area contributed by atoms with Crippen LogP contribution in [0.3, 0.4) is 0 Å². The van der Waals surface area contributed by atoms with Crippen LogP contribution in [0.5, 0.6) is 5.75 Å². The predicted octanol–water partition coefficient (Wildman–Crippen LogP) is 1.66. The van der Waals surface area contributed by atoms with Gasteiger partial charge in [0.05, 0.1) is 12.2 Å². The lowest BCUT2D eigenvalue weighted by molar-refractivity contribution is 0.0933. The van der Waals surface area contributed by atoms with Gasteiger partial charge in [0, 0.05) is 18.2 Å². The summed E-state index contributed by atoms with van der Waals surface area (Å²) in [7, 11) is 0. The number of ether oxygens (including phenoxy) is 1. The number of carbonyl (C=O) groups excluding carboxylic acids is 1. The van der Waals surface area contributed by atoms with Crippen LogP contribution in [-0.4, -0.2) is 12.4 Å². The van der Waals surface area contributed by atoms with E-state index in [1.54, 1.807) is 18.2 Å². The number of anilines is 1. The number of hydrogen-bond donors (Lipinski definition) is 1. The number of rotatable bonds is 0. The highest BCUT2D eigenvalue weighted by atomic mass is 35.5. The molecule has 2 N–H and O–H groups in total. The average molecular weight is 200 g/mol. The van der Waals surface area contributed by atoms with Crippen LogP contribution in [0.4, 0.5) is 5.69 Å². The van der Waals surface area contributed by atoms with Gasteiger partial charge in [0.2, 0.25) is 0 Å². The lowest BCUT2D eigenvalue weighted by Gasteiger charge is -2.15.